The van der Waals surface area contributed by atoms with Gasteiger partial charge in [0.1, 0.15) is 0 Å². The Morgan fingerprint density at radius 1 is 0.912 bits per heavy atom. The third-order valence-electron chi connectivity index (χ3n) is 6.40. The minimum Gasteiger partial charge on any atom is -0.339 e. The molecule has 176 valence electrons. The predicted octanol–water partition coefficient (Wildman–Crippen LogP) is 3.72. The van der Waals surface area contributed by atoms with Gasteiger partial charge >= 0.3 is 0 Å². The number of nitrogens with zero attached hydrogens (tertiary/aromatic N) is 5. The molecule has 2 aromatic carbocycles. The number of carbonyl (C=O) groups is 2. The third-order valence-corrected chi connectivity index (χ3v) is 7.31. The van der Waals surface area contributed by atoms with Crippen LogP contribution in [0, 0.1) is 19.8 Å². The normalized spacial score (nSPS) is 16.1. The molecule has 2 amide bonds. The zero-order valence-corrected chi connectivity index (χ0v) is 20.4. The number of hydrogen-bond donors (Lipinski definition) is 0. The average molecular weight is 476 g/mol. The second kappa shape index (κ2) is 9.62. The van der Waals surface area contributed by atoms with E-state index >= 15 is 0 Å². The average Bonchev–Trinajstić information content (AvgIpc) is 3.62. The summed E-state index contributed by atoms with van der Waals surface area (Å²) >= 11 is 1.41. The molecule has 0 unspecified atom stereocenters. The van der Waals surface area contributed by atoms with Crippen molar-refractivity contribution in [2.45, 2.75) is 31.8 Å². The Hall–Kier alpha value is -3.13. The van der Waals surface area contributed by atoms with Crippen LogP contribution in [0.5, 0.6) is 0 Å². The molecule has 5 rings (SSSR count). The van der Waals surface area contributed by atoms with Gasteiger partial charge in [-0.3, -0.25) is 14.2 Å². The highest BCUT2D eigenvalue weighted by Crippen LogP contribution is 2.32. The lowest BCUT2D eigenvalue weighted by Crippen LogP contribution is -2.51. The van der Waals surface area contributed by atoms with E-state index in [1.807, 2.05) is 26.5 Å². The first-order valence-electron chi connectivity index (χ1n) is 11.8. The van der Waals surface area contributed by atoms with Gasteiger partial charge in [0.2, 0.25) is 11.8 Å². The van der Waals surface area contributed by atoms with Gasteiger partial charge in [0.05, 0.1) is 5.75 Å². The Balaban J connectivity index is 1.31. The van der Waals surface area contributed by atoms with Crippen molar-refractivity contribution in [3.05, 3.63) is 59.7 Å². The fourth-order valence-corrected chi connectivity index (χ4v) is 5.10. The molecule has 34 heavy (non-hydrogen) atoms. The first kappa shape index (κ1) is 22.7. The number of hydrogen-bond acceptors (Lipinski definition) is 5. The number of aromatic nitrogens is 3. The maximum Gasteiger partial charge on any atom is 0.233 e. The van der Waals surface area contributed by atoms with Gasteiger partial charge in [-0.2, -0.15) is 0 Å². The molecule has 1 saturated carbocycles. The van der Waals surface area contributed by atoms with Crippen LogP contribution in [0.1, 0.15) is 24.0 Å². The van der Waals surface area contributed by atoms with E-state index in [4.69, 9.17) is 0 Å². The van der Waals surface area contributed by atoms with Gasteiger partial charge in [-0.05, 0) is 44.9 Å². The molecule has 2 fully saturated rings. The van der Waals surface area contributed by atoms with Crippen LogP contribution in [0.25, 0.3) is 17.1 Å². The first-order chi connectivity index (χ1) is 16.5. The van der Waals surface area contributed by atoms with E-state index in [-0.39, 0.29) is 23.5 Å². The van der Waals surface area contributed by atoms with Crippen molar-refractivity contribution in [1.29, 1.82) is 0 Å². The number of piperazine rings is 1. The highest BCUT2D eigenvalue weighted by molar-refractivity contribution is 7.99. The van der Waals surface area contributed by atoms with Crippen LogP contribution in [-0.2, 0) is 9.59 Å². The van der Waals surface area contributed by atoms with Gasteiger partial charge in [-0.15, -0.1) is 10.2 Å². The van der Waals surface area contributed by atoms with Crippen LogP contribution in [0.15, 0.2) is 53.7 Å². The lowest BCUT2D eigenvalue weighted by atomic mass is 10.1. The SMILES string of the molecule is Cc1ccc(-n2c(SCC(=O)N3CCN(C(=O)C4CC4)CC3)nnc2-c2cccc(C)c2)cc1. The zero-order chi connectivity index (χ0) is 23.7. The Labute approximate surface area is 204 Å². The number of amides is 2. The van der Waals surface area contributed by atoms with E-state index in [0.717, 1.165) is 35.5 Å². The van der Waals surface area contributed by atoms with Crippen LogP contribution >= 0.6 is 11.8 Å². The van der Waals surface area contributed by atoms with Gasteiger partial charge in [-0.25, -0.2) is 0 Å². The Kier molecular flexibility index (Phi) is 6.41. The molecule has 1 aliphatic carbocycles. The maximum atomic E-state index is 13.0. The number of aryl methyl sites for hydroxylation is 2. The molecule has 0 N–H and O–H groups in total. The standard InChI is InChI=1S/C26H29N5O2S/c1-18-6-10-22(11-7-18)31-24(21-5-3-4-19(2)16-21)27-28-26(31)34-17-23(32)29-12-14-30(15-13-29)25(33)20-8-9-20/h3-7,10-11,16,20H,8-9,12-15,17H2,1-2H3. The summed E-state index contributed by atoms with van der Waals surface area (Å²) in [4.78, 5) is 29.0. The maximum absolute atomic E-state index is 13.0. The largest absolute Gasteiger partial charge is 0.339 e. The molecule has 7 nitrogen and oxygen atoms in total. The van der Waals surface area contributed by atoms with E-state index in [1.54, 1.807) is 0 Å². The molecular weight excluding hydrogens is 446 g/mol. The summed E-state index contributed by atoms with van der Waals surface area (Å²) in [5.74, 6) is 1.60. The molecule has 3 aromatic rings. The molecule has 0 spiro atoms. The fourth-order valence-electron chi connectivity index (χ4n) is 4.24. The summed E-state index contributed by atoms with van der Waals surface area (Å²) in [6.07, 6.45) is 2.03. The number of carbonyl (C=O) groups excluding carboxylic acids is 2. The van der Waals surface area contributed by atoms with Crippen molar-refractivity contribution >= 4 is 23.6 Å². The van der Waals surface area contributed by atoms with Gasteiger partial charge in [0, 0.05) is 43.3 Å². The molecule has 0 bridgehead atoms. The van der Waals surface area contributed by atoms with Gasteiger partial charge in [0.15, 0.2) is 11.0 Å². The van der Waals surface area contributed by atoms with Crippen molar-refractivity contribution < 1.29 is 9.59 Å². The molecule has 1 aliphatic heterocycles. The van der Waals surface area contributed by atoms with E-state index in [2.05, 4.69) is 60.4 Å². The van der Waals surface area contributed by atoms with E-state index in [0.29, 0.717) is 31.3 Å². The third kappa shape index (κ3) is 4.87. The number of rotatable bonds is 6. The minimum atomic E-state index is 0.0686. The Morgan fingerprint density at radius 3 is 2.29 bits per heavy atom. The van der Waals surface area contributed by atoms with E-state index in [1.165, 1.54) is 17.3 Å². The number of thioether (sulfide) groups is 1. The molecular formula is C26H29N5O2S. The summed E-state index contributed by atoms with van der Waals surface area (Å²) in [6, 6.07) is 16.4. The smallest absolute Gasteiger partial charge is 0.233 e. The molecule has 2 aliphatic rings. The molecule has 1 saturated heterocycles. The summed E-state index contributed by atoms with van der Waals surface area (Å²) < 4.78 is 2.03. The second-order valence-electron chi connectivity index (χ2n) is 9.12. The van der Waals surface area contributed by atoms with Crippen molar-refractivity contribution in [2.24, 2.45) is 5.92 Å². The fraction of sp³-hybridized carbons (Fsp3) is 0.385. The van der Waals surface area contributed by atoms with Crippen LogP contribution in [0.2, 0.25) is 0 Å². The summed E-state index contributed by atoms with van der Waals surface area (Å²) in [5.41, 5.74) is 4.29. The summed E-state index contributed by atoms with van der Waals surface area (Å²) in [5, 5.41) is 9.63. The first-order valence-corrected chi connectivity index (χ1v) is 12.8. The predicted molar refractivity (Wildman–Crippen MR) is 133 cm³/mol. The Morgan fingerprint density at radius 2 is 1.62 bits per heavy atom. The lowest BCUT2D eigenvalue weighted by molar-refractivity contribution is -0.139. The van der Waals surface area contributed by atoms with Crippen LogP contribution in [-0.4, -0.2) is 68.3 Å². The Bertz CT molecular complexity index is 1190. The van der Waals surface area contributed by atoms with Crippen LogP contribution in [0.3, 0.4) is 0 Å². The van der Waals surface area contributed by atoms with Crippen molar-refractivity contribution in [1.82, 2.24) is 24.6 Å². The van der Waals surface area contributed by atoms with Crippen molar-refractivity contribution in [2.75, 3.05) is 31.9 Å². The van der Waals surface area contributed by atoms with Gasteiger partial charge < -0.3 is 9.80 Å². The van der Waals surface area contributed by atoms with Crippen molar-refractivity contribution in [3.63, 3.8) is 0 Å². The molecule has 0 atom stereocenters. The molecule has 1 aromatic heterocycles. The molecule has 0 radical (unpaired) electrons. The lowest BCUT2D eigenvalue weighted by Gasteiger charge is -2.34. The molecule has 8 heteroatoms. The zero-order valence-electron chi connectivity index (χ0n) is 19.6. The van der Waals surface area contributed by atoms with E-state index < -0.39 is 0 Å². The number of benzene rings is 2. The van der Waals surface area contributed by atoms with Crippen LogP contribution < -0.4 is 0 Å². The topological polar surface area (TPSA) is 71.3 Å². The highest BCUT2D eigenvalue weighted by atomic mass is 32.2. The van der Waals surface area contributed by atoms with Crippen molar-refractivity contribution in [3.8, 4) is 17.1 Å². The van der Waals surface area contributed by atoms with Gasteiger partial charge in [-0.1, -0.05) is 53.2 Å². The van der Waals surface area contributed by atoms with E-state index in [9.17, 15) is 9.59 Å². The summed E-state index contributed by atoms with van der Waals surface area (Å²) in [7, 11) is 0. The molecule has 2 heterocycles. The minimum absolute atomic E-state index is 0.0686. The van der Waals surface area contributed by atoms with Gasteiger partial charge in [0.25, 0.3) is 0 Å². The quantitative estimate of drug-likeness (QED) is 0.508. The highest BCUT2D eigenvalue weighted by Gasteiger charge is 2.35. The second-order valence-corrected chi connectivity index (χ2v) is 10.1. The monoisotopic (exact) mass is 475 g/mol. The summed E-state index contributed by atoms with van der Waals surface area (Å²) in [6.45, 7) is 6.56. The van der Waals surface area contributed by atoms with Crippen LogP contribution in [0.4, 0.5) is 0 Å².